The highest BCUT2D eigenvalue weighted by Crippen LogP contribution is 2.54. The highest BCUT2D eigenvalue weighted by molar-refractivity contribution is 5.75. The largest absolute Gasteiger partial charge is 0.479 e. The molecule has 1 aromatic carbocycles. The molecule has 25 heavy (non-hydrogen) atoms. The Bertz CT molecular complexity index is 681. The van der Waals surface area contributed by atoms with E-state index in [1.54, 1.807) is 0 Å². The first-order valence-electron chi connectivity index (χ1n) is 7.36. The molecule has 0 unspecified atom stereocenters. The minimum atomic E-state index is -4.87. The zero-order chi connectivity index (χ0) is 19.4. The predicted molar refractivity (Wildman–Crippen MR) is 75.1 cm³/mol. The van der Waals surface area contributed by atoms with Crippen molar-refractivity contribution in [2.75, 3.05) is 0 Å². The summed E-state index contributed by atoms with van der Waals surface area (Å²) in [5.41, 5.74) is -4.20. The summed E-state index contributed by atoms with van der Waals surface area (Å²) in [6.45, 7) is 2.98. The third-order valence-corrected chi connectivity index (χ3v) is 4.95. The maximum atomic E-state index is 13.4. The molecule has 0 bridgehead atoms. The lowest BCUT2D eigenvalue weighted by Gasteiger charge is -2.32. The number of carbonyl (C=O) groups is 1. The van der Waals surface area contributed by atoms with Crippen molar-refractivity contribution in [2.24, 2.45) is 5.92 Å². The molecule has 2 rings (SSSR count). The maximum Gasteiger partial charge on any atom is 0.417 e. The molecule has 1 aliphatic heterocycles. The van der Waals surface area contributed by atoms with Gasteiger partial charge in [0.15, 0.2) is 11.7 Å². The Morgan fingerprint density at radius 3 is 2.20 bits per heavy atom. The molecule has 3 nitrogen and oxygen atoms in total. The molecule has 1 aromatic rings. The van der Waals surface area contributed by atoms with Crippen LogP contribution in [0.2, 0.25) is 0 Å². The molecule has 9 heteroatoms. The standard InChI is InChI=1S/C16H16F6O3/c1-7-9(5-4-6-10(7)15(17,18)19)11-8(2)14(3,16(20,21)22)25-12(11)13(23)24/h4-6,8,11-12H,1-3H3,(H,23,24)/t8-,11-,12+,14+/m0/s1. The summed E-state index contributed by atoms with van der Waals surface area (Å²) in [4.78, 5) is 11.4. The van der Waals surface area contributed by atoms with E-state index in [4.69, 9.17) is 4.74 Å². The predicted octanol–water partition coefficient (Wildman–Crippen LogP) is 4.54. The molecule has 1 heterocycles. The Labute approximate surface area is 139 Å². The highest BCUT2D eigenvalue weighted by atomic mass is 19.4. The van der Waals surface area contributed by atoms with E-state index in [2.05, 4.69) is 0 Å². The molecular formula is C16H16F6O3. The van der Waals surface area contributed by atoms with E-state index in [1.807, 2.05) is 0 Å². The van der Waals surface area contributed by atoms with Crippen molar-refractivity contribution in [1.29, 1.82) is 0 Å². The molecule has 1 fully saturated rings. The molecule has 4 atom stereocenters. The van der Waals surface area contributed by atoms with Gasteiger partial charge in [0.25, 0.3) is 0 Å². The molecule has 0 aliphatic carbocycles. The third kappa shape index (κ3) is 3.09. The van der Waals surface area contributed by atoms with E-state index in [9.17, 15) is 36.2 Å². The van der Waals surface area contributed by atoms with Crippen molar-refractivity contribution in [3.05, 3.63) is 34.9 Å². The van der Waals surface area contributed by atoms with Crippen LogP contribution < -0.4 is 0 Å². The molecular weight excluding hydrogens is 354 g/mol. The van der Waals surface area contributed by atoms with Gasteiger partial charge in [0.1, 0.15) is 0 Å². The van der Waals surface area contributed by atoms with Gasteiger partial charge in [-0.25, -0.2) is 4.79 Å². The number of rotatable bonds is 2. The average Bonchev–Trinajstić information content (AvgIpc) is 2.71. The van der Waals surface area contributed by atoms with Gasteiger partial charge in [-0.3, -0.25) is 0 Å². The molecule has 1 N–H and O–H groups in total. The number of carboxylic acids is 1. The molecule has 0 saturated carbocycles. The van der Waals surface area contributed by atoms with Crippen molar-refractivity contribution in [2.45, 2.75) is 50.7 Å². The minimum absolute atomic E-state index is 0.109. The van der Waals surface area contributed by atoms with Crippen LogP contribution in [0.3, 0.4) is 0 Å². The van der Waals surface area contributed by atoms with Crippen molar-refractivity contribution < 1.29 is 41.0 Å². The quantitative estimate of drug-likeness (QED) is 0.778. The lowest BCUT2D eigenvalue weighted by Crippen LogP contribution is -2.47. The second-order valence-electron chi connectivity index (χ2n) is 6.31. The fourth-order valence-corrected chi connectivity index (χ4v) is 3.33. The Balaban J connectivity index is 2.63. The summed E-state index contributed by atoms with van der Waals surface area (Å²) in [5, 5.41) is 9.27. The second kappa shape index (κ2) is 5.89. The van der Waals surface area contributed by atoms with Crippen LogP contribution in [0.4, 0.5) is 26.3 Å². The summed E-state index contributed by atoms with van der Waals surface area (Å²) >= 11 is 0. The Morgan fingerprint density at radius 1 is 1.20 bits per heavy atom. The molecule has 0 radical (unpaired) electrons. The van der Waals surface area contributed by atoms with E-state index >= 15 is 0 Å². The number of halogens is 6. The zero-order valence-electron chi connectivity index (χ0n) is 13.5. The van der Waals surface area contributed by atoms with Crippen LogP contribution in [0.15, 0.2) is 18.2 Å². The molecule has 0 spiro atoms. The van der Waals surface area contributed by atoms with Gasteiger partial charge in [-0.05, 0) is 31.0 Å². The molecule has 1 saturated heterocycles. The number of aliphatic carboxylic acids is 1. The van der Waals surface area contributed by atoms with Gasteiger partial charge < -0.3 is 9.84 Å². The Kier molecular flexibility index (Phi) is 4.61. The third-order valence-electron chi connectivity index (χ3n) is 4.95. The smallest absolute Gasteiger partial charge is 0.417 e. The number of ether oxygens (including phenoxy) is 1. The van der Waals surface area contributed by atoms with E-state index in [1.165, 1.54) is 6.07 Å². The second-order valence-corrected chi connectivity index (χ2v) is 6.31. The lowest BCUT2D eigenvalue weighted by atomic mass is 9.75. The monoisotopic (exact) mass is 370 g/mol. The van der Waals surface area contributed by atoms with Crippen LogP contribution in [0.25, 0.3) is 0 Å². The van der Waals surface area contributed by atoms with E-state index < -0.39 is 47.4 Å². The van der Waals surface area contributed by atoms with Crippen LogP contribution in [0.1, 0.15) is 36.5 Å². The van der Waals surface area contributed by atoms with Gasteiger partial charge in [0.05, 0.1) is 5.56 Å². The number of hydrogen-bond acceptors (Lipinski definition) is 2. The molecule has 140 valence electrons. The average molecular weight is 370 g/mol. The topological polar surface area (TPSA) is 46.5 Å². The minimum Gasteiger partial charge on any atom is -0.479 e. The summed E-state index contributed by atoms with van der Waals surface area (Å²) in [7, 11) is 0. The number of benzene rings is 1. The number of alkyl halides is 6. The van der Waals surface area contributed by atoms with E-state index in [-0.39, 0.29) is 11.1 Å². The Hall–Kier alpha value is -1.77. The summed E-state index contributed by atoms with van der Waals surface area (Å²) in [5.74, 6) is -4.41. The first-order chi connectivity index (χ1) is 11.2. The summed E-state index contributed by atoms with van der Waals surface area (Å²) < 4.78 is 84.3. The zero-order valence-corrected chi connectivity index (χ0v) is 13.5. The fraction of sp³-hybridized carbons (Fsp3) is 0.562. The normalized spacial score (nSPS) is 30.5. The first kappa shape index (κ1) is 19.6. The van der Waals surface area contributed by atoms with Gasteiger partial charge >= 0.3 is 18.3 Å². The Morgan fingerprint density at radius 2 is 1.76 bits per heavy atom. The van der Waals surface area contributed by atoms with Gasteiger partial charge in [-0.1, -0.05) is 19.1 Å². The van der Waals surface area contributed by atoms with E-state index in [0.29, 0.717) is 0 Å². The van der Waals surface area contributed by atoms with Crippen LogP contribution in [0.5, 0.6) is 0 Å². The van der Waals surface area contributed by atoms with Crippen LogP contribution >= 0.6 is 0 Å². The van der Waals surface area contributed by atoms with Gasteiger partial charge in [-0.15, -0.1) is 0 Å². The van der Waals surface area contributed by atoms with Crippen molar-refractivity contribution >= 4 is 5.97 Å². The van der Waals surface area contributed by atoms with Crippen LogP contribution in [-0.2, 0) is 15.7 Å². The SMILES string of the molecule is Cc1c([C@H]2[C@H](C(=O)O)O[C@@](C)(C(F)(F)F)[C@H]2C)cccc1C(F)(F)F. The molecule has 1 aliphatic rings. The molecule has 0 amide bonds. The van der Waals surface area contributed by atoms with Gasteiger partial charge in [0.2, 0.25) is 0 Å². The summed E-state index contributed by atoms with van der Waals surface area (Å²) in [6, 6.07) is 3.07. The van der Waals surface area contributed by atoms with Crippen molar-refractivity contribution in [3.63, 3.8) is 0 Å². The van der Waals surface area contributed by atoms with E-state index in [0.717, 1.165) is 32.9 Å². The van der Waals surface area contributed by atoms with Crippen molar-refractivity contribution in [3.8, 4) is 0 Å². The molecule has 0 aromatic heterocycles. The maximum absolute atomic E-state index is 13.4. The highest BCUT2D eigenvalue weighted by Gasteiger charge is 2.65. The first-order valence-corrected chi connectivity index (χ1v) is 7.36. The van der Waals surface area contributed by atoms with Crippen LogP contribution in [0, 0.1) is 12.8 Å². The van der Waals surface area contributed by atoms with Crippen LogP contribution in [-0.4, -0.2) is 29.0 Å². The van der Waals surface area contributed by atoms with Gasteiger partial charge in [-0.2, -0.15) is 26.3 Å². The van der Waals surface area contributed by atoms with Gasteiger partial charge in [0, 0.05) is 11.8 Å². The fourth-order valence-electron chi connectivity index (χ4n) is 3.33. The number of hydrogen-bond donors (Lipinski definition) is 1. The van der Waals surface area contributed by atoms with Crippen molar-refractivity contribution in [1.82, 2.24) is 0 Å². The lowest BCUT2D eigenvalue weighted by molar-refractivity contribution is -0.273. The number of carboxylic acid groups (broad SMARTS) is 1. The summed E-state index contributed by atoms with van der Waals surface area (Å²) in [6.07, 6.45) is -11.5.